The second kappa shape index (κ2) is 7.17. The molecule has 1 N–H and O–H groups in total. The zero-order chi connectivity index (χ0) is 18.8. The van der Waals surface area contributed by atoms with Crippen LogP contribution < -0.4 is 5.32 Å². The Bertz CT molecular complexity index is 1110. The number of aromatic nitrogens is 3. The molecule has 3 aromatic heterocycles. The van der Waals surface area contributed by atoms with Crippen molar-refractivity contribution in [1.82, 2.24) is 19.7 Å². The van der Waals surface area contributed by atoms with Crippen molar-refractivity contribution in [3.8, 4) is 11.3 Å². The normalized spacial score (nSPS) is 10.9. The van der Waals surface area contributed by atoms with Crippen molar-refractivity contribution >= 4 is 23.0 Å². The number of carbonyl (C=O) groups excluding carboxylic acids is 1. The molecule has 0 aliphatic carbocycles. The molecule has 0 fully saturated rings. The number of fused-ring (bicyclic) bond motifs is 1. The second-order valence-electron chi connectivity index (χ2n) is 5.92. The van der Waals surface area contributed by atoms with Gasteiger partial charge in [0.05, 0.1) is 11.2 Å². The molecule has 5 nitrogen and oxygen atoms in total. The maximum absolute atomic E-state index is 13.0. The molecule has 0 spiro atoms. The lowest BCUT2D eigenvalue weighted by molar-refractivity contribution is 0.0940. The minimum atomic E-state index is -0.325. The smallest absolute Gasteiger partial charge is 0.287 e. The van der Waals surface area contributed by atoms with Crippen molar-refractivity contribution in [2.75, 3.05) is 0 Å². The fourth-order valence-electron chi connectivity index (χ4n) is 2.79. The number of nitrogens with zero attached hydrogens (tertiary/aromatic N) is 3. The molecular weight excluding hydrogens is 367 g/mol. The van der Waals surface area contributed by atoms with Gasteiger partial charge < -0.3 is 5.32 Å². The molecule has 27 heavy (non-hydrogen) atoms. The molecule has 3 heterocycles. The van der Waals surface area contributed by atoms with E-state index in [0.717, 1.165) is 16.6 Å². The summed E-state index contributed by atoms with van der Waals surface area (Å²) < 4.78 is 14.7. The zero-order valence-electron chi connectivity index (χ0n) is 14.1. The summed E-state index contributed by atoms with van der Waals surface area (Å²) in [4.78, 5) is 21.3. The first-order valence-corrected chi connectivity index (χ1v) is 8.61. The highest BCUT2D eigenvalue weighted by Gasteiger charge is 2.18. The summed E-state index contributed by atoms with van der Waals surface area (Å²) in [5, 5.41) is 3.21. The molecule has 0 atom stereocenters. The van der Waals surface area contributed by atoms with Crippen LogP contribution in [-0.4, -0.2) is 20.3 Å². The first kappa shape index (κ1) is 17.2. The Morgan fingerprint density at radius 1 is 1.11 bits per heavy atom. The van der Waals surface area contributed by atoms with Gasteiger partial charge in [-0.15, -0.1) is 0 Å². The molecule has 0 radical (unpaired) electrons. The van der Waals surface area contributed by atoms with Crippen LogP contribution in [0, 0.1) is 5.82 Å². The van der Waals surface area contributed by atoms with Gasteiger partial charge in [0, 0.05) is 24.5 Å². The average Bonchev–Trinajstić information content (AvgIpc) is 3.08. The first-order valence-electron chi connectivity index (χ1n) is 8.23. The molecule has 4 aromatic rings. The monoisotopic (exact) mass is 380 g/mol. The van der Waals surface area contributed by atoms with Crippen LogP contribution in [0.2, 0.25) is 5.15 Å². The number of benzene rings is 1. The lowest BCUT2D eigenvalue weighted by Gasteiger charge is -2.04. The van der Waals surface area contributed by atoms with Gasteiger partial charge in [0.25, 0.3) is 5.91 Å². The molecular formula is C20H14ClFN4O. The Morgan fingerprint density at radius 2 is 1.93 bits per heavy atom. The Kier molecular flexibility index (Phi) is 4.56. The maximum atomic E-state index is 13.0. The van der Waals surface area contributed by atoms with E-state index < -0.39 is 0 Å². The van der Waals surface area contributed by atoms with E-state index in [-0.39, 0.29) is 24.1 Å². The predicted molar refractivity (Wildman–Crippen MR) is 101 cm³/mol. The van der Waals surface area contributed by atoms with Gasteiger partial charge in [-0.2, -0.15) is 0 Å². The Morgan fingerprint density at radius 3 is 2.67 bits per heavy atom. The summed E-state index contributed by atoms with van der Waals surface area (Å²) >= 11 is 5.86. The van der Waals surface area contributed by atoms with Gasteiger partial charge >= 0.3 is 0 Å². The van der Waals surface area contributed by atoms with Crippen molar-refractivity contribution in [3.05, 3.63) is 89.3 Å². The fourth-order valence-corrected chi connectivity index (χ4v) is 2.90. The third-order valence-corrected chi connectivity index (χ3v) is 4.34. The summed E-state index contributed by atoms with van der Waals surface area (Å²) in [6.07, 6.45) is 3.40. The van der Waals surface area contributed by atoms with Crippen LogP contribution in [0.1, 0.15) is 16.2 Å². The number of amides is 1. The highest BCUT2D eigenvalue weighted by Crippen LogP contribution is 2.25. The van der Waals surface area contributed by atoms with Gasteiger partial charge in [0.1, 0.15) is 11.0 Å². The summed E-state index contributed by atoms with van der Waals surface area (Å²) in [5.74, 6) is -0.378. The Balaban J connectivity index is 1.66. The van der Waals surface area contributed by atoms with Crippen molar-refractivity contribution in [3.63, 3.8) is 0 Å². The molecule has 0 saturated carbocycles. The average molecular weight is 381 g/mol. The largest absolute Gasteiger partial charge is 0.345 e. The fraction of sp³-hybridized carbons (Fsp3) is 0.0500. The molecule has 4 rings (SSSR count). The number of hydrogen-bond donors (Lipinski definition) is 1. The van der Waals surface area contributed by atoms with E-state index >= 15 is 0 Å². The number of imidazole rings is 1. The van der Waals surface area contributed by atoms with Gasteiger partial charge in [-0.05, 0) is 42.0 Å². The van der Waals surface area contributed by atoms with Gasteiger partial charge in [0.2, 0.25) is 5.82 Å². The molecule has 0 aliphatic heterocycles. The highest BCUT2D eigenvalue weighted by atomic mass is 35.5. The van der Waals surface area contributed by atoms with Crippen molar-refractivity contribution in [1.29, 1.82) is 0 Å². The van der Waals surface area contributed by atoms with Crippen molar-refractivity contribution in [2.45, 2.75) is 6.54 Å². The van der Waals surface area contributed by atoms with E-state index in [1.54, 1.807) is 35.0 Å². The van der Waals surface area contributed by atoms with Crippen LogP contribution in [0.5, 0.6) is 0 Å². The van der Waals surface area contributed by atoms with Crippen molar-refractivity contribution in [2.24, 2.45) is 0 Å². The Labute approximate surface area is 159 Å². The minimum absolute atomic E-state index is 0.262. The molecule has 134 valence electrons. The second-order valence-corrected chi connectivity index (χ2v) is 6.31. The number of carbonyl (C=O) groups is 1. The quantitative estimate of drug-likeness (QED) is 0.542. The molecule has 7 heteroatoms. The van der Waals surface area contributed by atoms with Crippen LogP contribution in [0.3, 0.4) is 0 Å². The predicted octanol–water partition coefficient (Wildman–Crippen LogP) is 4.12. The number of nitrogens with one attached hydrogen (secondary N) is 1. The number of hydrogen-bond acceptors (Lipinski definition) is 3. The third-order valence-electron chi connectivity index (χ3n) is 4.12. The number of halogens is 2. The minimum Gasteiger partial charge on any atom is -0.345 e. The van der Waals surface area contributed by atoms with Crippen molar-refractivity contribution < 1.29 is 9.18 Å². The molecule has 0 bridgehead atoms. The van der Waals surface area contributed by atoms with Gasteiger partial charge in [-0.1, -0.05) is 29.8 Å². The van der Waals surface area contributed by atoms with Crippen LogP contribution in [-0.2, 0) is 6.54 Å². The van der Waals surface area contributed by atoms with Gasteiger partial charge in [-0.3, -0.25) is 9.20 Å². The van der Waals surface area contributed by atoms with Gasteiger partial charge in [-0.25, -0.2) is 14.4 Å². The van der Waals surface area contributed by atoms with E-state index in [0.29, 0.717) is 10.8 Å². The lowest BCUT2D eigenvalue weighted by Crippen LogP contribution is -2.25. The van der Waals surface area contributed by atoms with Crippen LogP contribution in [0.4, 0.5) is 4.39 Å². The van der Waals surface area contributed by atoms with E-state index in [9.17, 15) is 9.18 Å². The highest BCUT2D eigenvalue weighted by molar-refractivity contribution is 6.29. The Hall–Kier alpha value is -3.25. The molecule has 1 aromatic carbocycles. The third kappa shape index (κ3) is 3.52. The standard InChI is InChI=1S/C20H14ClFN4O/c21-17-9-6-14(12-23-17)18-16-3-1-2-10-26(16)19(25-18)20(27)24-11-13-4-7-15(22)8-5-13/h1-10,12H,11H2,(H,24,27). The van der Waals surface area contributed by atoms with E-state index in [1.807, 2.05) is 24.3 Å². The van der Waals surface area contributed by atoms with Crippen LogP contribution >= 0.6 is 11.6 Å². The van der Waals surface area contributed by atoms with Crippen LogP contribution in [0.25, 0.3) is 16.8 Å². The molecule has 1 amide bonds. The molecule has 0 aliphatic rings. The van der Waals surface area contributed by atoms with Crippen LogP contribution in [0.15, 0.2) is 67.0 Å². The van der Waals surface area contributed by atoms with E-state index in [2.05, 4.69) is 15.3 Å². The topological polar surface area (TPSA) is 59.3 Å². The van der Waals surface area contributed by atoms with Gasteiger partial charge in [0.15, 0.2) is 0 Å². The summed E-state index contributed by atoms with van der Waals surface area (Å²) in [5.41, 5.74) is 2.99. The summed E-state index contributed by atoms with van der Waals surface area (Å²) in [6.45, 7) is 0.276. The molecule has 0 saturated heterocycles. The van der Waals surface area contributed by atoms with E-state index in [1.165, 1.54) is 12.1 Å². The lowest BCUT2D eigenvalue weighted by atomic mass is 10.2. The maximum Gasteiger partial charge on any atom is 0.287 e. The summed E-state index contributed by atoms with van der Waals surface area (Å²) in [7, 11) is 0. The van der Waals surface area contributed by atoms with E-state index in [4.69, 9.17) is 11.6 Å². The number of pyridine rings is 2. The summed E-state index contributed by atoms with van der Waals surface area (Å²) in [6, 6.07) is 15.1. The first-order chi connectivity index (χ1) is 13.1. The molecule has 0 unspecified atom stereocenters. The zero-order valence-corrected chi connectivity index (χ0v) is 14.8. The SMILES string of the molecule is O=C(NCc1ccc(F)cc1)c1nc(-c2ccc(Cl)nc2)c2ccccn12. The number of rotatable bonds is 4.